The quantitative estimate of drug-likeness (QED) is 0.0718. The van der Waals surface area contributed by atoms with Crippen LogP contribution < -0.4 is 0 Å². The Morgan fingerprint density at radius 2 is 1.56 bits per heavy atom. The summed E-state index contributed by atoms with van der Waals surface area (Å²) in [7, 11) is -1.02. The van der Waals surface area contributed by atoms with Crippen molar-refractivity contribution in [2.24, 2.45) is 11.8 Å². The number of unbranched alkanes of at least 4 members (excludes halogenated alkanes) is 3. The molecule has 6 nitrogen and oxygen atoms in total. The van der Waals surface area contributed by atoms with Gasteiger partial charge in [0.2, 0.25) is 0 Å². The van der Waals surface area contributed by atoms with E-state index in [1.54, 1.807) is 7.11 Å². The lowest BCUT2D eigenvalue weighted by molar-refractivity contribution is -0.140. The maximum atomic E-state index is 13.6. The highest BCUT2D eigenvalue weighted by atomic mass is 28.4. The molecule has 1 saturated carbocycles. The zero-order chi connectivity index (χ0) is 34.1. The van der Waals surface area contributed by atoms with Gasteiger partial charge in [-0.15, -0.1) is 0 Å². The molecule has 1 aliphatic rings. The normalized spacial score (nSPS) is 20.6. The predicted molar refractivity (Wildman–Crippen MR) is 190 cm³/mol. The number of carbonyl (C=O) groups is 2. The standard InChI is InChI=1S/C37H64O6Si2/c1-36(2,3)44(9,10)42-30(25-28-18-17-19-29(24-28)27-40-7)22-23-32-31(20-15-13-14-16-21-35(39)41-8)33(38)26-34(32)43-45(11,12)37(4,5)6/h17-19,22-24,30-32,34H,13-16,20-21,25-27H2,1-12H3/b23-22+/t30-,31+,32+,34+/m0/s1. The molecule has 1 aliphatic carbocycles. The average Bonchev–Trinajstić information content (AvgIpc) is 3.20. The van der Waals surface area contributed by atoms with Gasteiger partial charge in [-0.25, -0.2) is 0 Å². The van der Waals surface area contributed by atoms with Crippen LogP contribution in [0.3, 0.4) is 0 Å². The maximum absolute atomic E-state index is 13.6. The van der Waals surface area contributed by atoms with Crippen LogP contribution in [0.2, 0.25) is 36.3 Å². The first-order valence-corrected chi connectivity index (χ1v) is 22.8. The van der Waals surface area contributed by atoms with Crippen LogP contribution >= 0.6 is 0 Å². The molecule has 0 aromatic heterocycles. The van der Waals surface area contributed by atoms with Crippen molar-refractivity contribution in [2.45, 2.75) is 148 Å². The van der Waals surface area contributed by atoms with Crippen molar-refractivity contribution in [1.29, 1.82) is 0 Å². The summed E-state index contributed by atoms with van der Waals surface area (Å²) in [5.74, 6) is 0.121. The Balaban J connectivity index is 2.37. The van der Waals surface area contributed by atoms with Gasteiger partial charge in [-0.05, 0) is 60.2 Å². The molecule has 0 bridgehead atoms. The van der Waals surface area contributed by atoms with Gasteiger partial charge in [0.25, 0.3) is 0 Å². The lowest BCUT2D eigenvalue weighted by Gasteiger charge is -2.40. The first-order chi connectivity index (χ1) is 20.8. The average molecular weight is 661 g/mol. The maximum Gasteiger partial charge on any atom is 0.305 e. The van der Waals surface area contributed by atoms with E-state index < -0.39 is 16.6 Å². The van der Waals surface area contributed by atoms with Crippen LogP contribution in [-0.4, -0.2) is 54.8 Å². The molecule has 1 aromatic rings. The zero-order valence-corrected chi connectivity index (χ0v) is 32.6. The van der Waals surface area contributed by atoms with Gasteiger partial charge in [-0.1, -0.05) is 97.2 Å². The SMILES string of the molecule is COCc1cccc(C[C@H](/C=C/[C@H]2[C@H](O[Si](C)(C)C(C)(C)C)CC(=O)[C@@H]2CCCCCCC(=O)OC)O[Si](C)(C)C(C)(C)C)c1. The number of esters is 1. The van der Waals surface area contributed by atoms with E-state index in [1.807, 2.05) is 0 Å². The van der Waals surface area contributed by atoms with E-state index >= 15 is 0 Å². The number of rotatable bonds is 17. The van der Waals surface area contributed by atoms with Gasteiger partial charge in [0, 0.05) is 38.2 Å². The number of hydrogen-bond acceptors (Lipinski definition) is 6. The van der Waals surface area contributed by atoms with Crippen molar-refractivity contribution in [2.75, 3.05) is 14.2 Å². The largest absolute Gasteiger partial charge is 0.469 e. The molecule has 0 N–H and O–H groups in total. The van der Waals surface area contributed by atoms with Gasteiger partial charge in [0.15, 0.2) is 16.6 Å². The Bertz CT molecular complexity index is 1110. The van der Waals surface area contributed by atoms with E-state index in [0.717, 1.165) is 44.1 Å². The van der Waals surface area contributed by atoms with Gasteiger partial charge in [0.05, 0.1) is 25.9 Å². The van der Waals surface area contributed by atoms with Gasteiger partial charge >= 0.3 is 5.97 Å². The Kier molecular flexibility index (Phi) is 15.0. The molecule has 0 saturated heterocycles. The molecular formula is C37H64O6Si2. The second kappa shape index (κ2) is 17.0. The summed E-state index contributed by atoms with van der Waals surface area (Å²) in [5.41, 5.74) is 2.37. The number of hydrogen-bond donors (Lipinski definition) is 0. The fourth-order valence-corrected chi connectivity index (χ4v) is 8.16. The minimum absolute atomic E-state index is 0.0204. The molecule has 0 radical (unpaired) electrons. The van der Waals surface area contributed by atoms with Crippen LogP contribution in [0.1, 0.15) is 97.6 Å². The molecule has 2 rings (SSSR count). The van der Waals surface area contributed by atoms with Crippen LogP contribution in [0.5, 0.6) is 0 Å². The van der Waals surface area contributed by atoms with E-state index in [1.165, 1.54) is 12.7 Å². The molecule has 0 spiro atoms. The predicted octanol–water partition coefficient (Wildman–Crippen LogP) is 9.43. The number of ether oxygens (including phenoxy) is 2. The van der Waals surface area contributed by atoms with Gasteiger partial charge in [-0.2, -0.15) is 0 Å². The highest BCUT2D eigenvalue weighted by Gasteiger charge is 2.47. The number of methoxy groups -OCH3 is 2. The van der Waals surface area contributed by atoms with Crippen LogP contribution in [0.25, 0.3) is 0 Å². The van der Waals surface area contributed by atoms with Crippen molar-refractivity contribution in [3.8, 4) is 0 Å². The lowest BCUT2D eigenvalue weighted by atomic mass is 9.88. The second-order valence-electron chi connectivity index (χ2n) is 16.1. The van der Waals surface area contributed by atoms with Gasteiger partial charge in [-0.3, -0.25) is 9.59 Å². The van der Waals surface area contributed by atoms with Crippen molar-refractivity contribution in [3.05, 3.63) is 47.5 Å². The lowest BCUT2D eigenvalue weighted by Crippen LogP contribution is -2.45. The molecule has 0 unspecified atom stereocenters. The smallest absolute Gasteiger partial charge is 0.305 e. The molecule has 45 heavy (non-hydrogen) atoms. The molecular weight excluding hydrogens is 597 g/mol. The van der Waals surface area contributed by atoms with Crippen molar-refractivity contribution < 1.29 is 27.9 Å². The molecule has 1 aromatic carbocycles. The molecule has 0 amide bonds. The molecule has 4 atom stereocenters. The van der Waals surface area contributed by atoms with Crippen LogP contribution in [-0.2, 0) is 40.9 Å². The summed E-state index contributed by atoms with van der Waals surface area (Å²) in [5, 5.41) is 0.133. The number of ketones is 1. The summed E-state index contributed by atoms with van der Waals surface area (Å²) in [4.78, 5) is 25.1. The third-order valence-corrected chi connectivity index (χ3v) is 19.4. The monoisotopic (exact) mass is 660 g/mol. The first-order valence-electron chi connectivity index (χ1n) is 17.0. The first kappa shape index (κ1) is 39.6. The molecule has 0 aliphatic heterocycles. The van der Waals surface area contributed by atoms with E-state index in [9.17, 15) is 9.59 Å². The Labute approximate surface area is 277 Å². The van der Waals surface area contributed by atoms with Gasteiger partial charge < -0.3 is 18.3 Å². The fourth-order valence-electron chi connectivity index (χ4n) is 5.54. The third kappa shape index (κ3) is 12.2. The van der Waals surface area contributed by atoms with E-state index in [0.29, 0.717) is 25.2 Å². The summed E-state index contributed by atoms with van der Waals surface area (Å²) < 4.78 is 24.2. The van der Waals surface area contributed by atoms with Crippen molar-refractivity contribution in [1.82, 2.24) is 0 Å². The summed E-state index contributed by atoms with van der Waals surface area (Å²) in [6.45, 7) is 23.4. The van der Waals surface area contributed by atoms with Crippen LogP contribution in [0.4, 0.5) is 0 Å². The second-order valence-corrected chi connectivity index (χ2v) is 25.6. The third-order valence-electron chi connectivity index (χ3n) is 10.4. The van der Waals surface area contributed by atoms with Crippen LogP contribution in [0, 0.1) is 11.8 Å². The van der Waals surface area contributed by atoms with Gasteiger partial charge in [0.1, 0.15) is 5.78 Å². The molecule has 8 heteroatoms. The highest BCUT2D eigenvalue weighted by molar-refractivity contribution is 6.74. The molecule has 0 heterocycles. The number of carbonyl (C=O) groups excluding carboxylic acids is 2. The number of Topliss-reactive ketones (excluding diaryl/α,β-unsaturated/α-hetero) is 1. The highest BCUT2D eigenvalue weighted by Crippen LogP contribution is 2.44. The fraction of sp³-hybridized carbons (Fsp3) is 0.730. The molecule has 1 fully saturated rings. The van der Waals surface area contributed by atoms with Crippen LogP contribution in [0.15, 0.2) is 36.4 Å². The summed E-state index contributed by atoms with van der Waals surface area (Å²) in [6, 6.07) is 8.57. The van der Waals surface area contributed by atoms with E-state index in [4.69, 9.17) is 18.3 Å². The van der Waals surface area contributed by atoms with Crippen molar-refractivity contribution in [3.63, 3.8) is 0 Å². The van der Waals surface area contributed by atoms with E-state index in [-0.39, 0.29) is 40.1 Å². The summed E-state index contributed by atoms with van der Waals surface area (Å²) >= 11 is 0. The van der Waals surface area contributed by atoms with Crippen molar-refractivity contribution >= 4 is 28.4 Å². The molecule has 256 valence electrons. The Morgan fingerprint density at radius 3 is 2.16 bits per heavy atom. The number of benzene rings is 1. The van der Waals surface area contributed by atoms with E-state index in [2.05, 4.69) is 104 Å². The Hall–Kier alpha value is -1.59. The zero-order valence-electron chi connectivity index (χ0n) is 30.6. The summed E-state index contributed by atoms with van der Waals surface area (Å²) in [6.07, 6.45) is 10.6. The minimum Gasteiger partial charge on any atom is -0.469 e. The topological polar surface area (TPSA) is 71.1 Å². The Morgan fingerprint density at radius 1 is 0.933 bits per heavy atom. The minimum atomic E-state index is -2.09.